The molecule has 0 aliphatic rings. The Morgan fingerprint density at radius 2 is 2.17 bits per heavy atom. The Bertz CT molecular complexity index is 1040. The van der Waals surface area contributed by atoms with Crippen molar-refractivity contribution in [2.24, 2.45) is 0 Å². The lowest BCUT2D eigenvalue weighted by Gasteiger charge is -2.00. The van der Waals surface area contributed by atoms with Crippen LogP contribution in [0.25, 0.3) is 21.5 Å². The van der Waals surface area contributed by atoms with Crippen LogP contribution in [0.4, 0.5) is 5.82 Å². The largest absolute Gasteiger partial charge is 0.451 e. The van der Waals surface area contributed by atoms with Gasteiger partial charge in [-0.05, 0) is 46.9 Å². The minimum atomic E-state index is -0.423. The van der Waals surface area contributed by atoms with Crippen LogP contribution in [0.5, 0.6) is 0 Å². The fourth-order valence-corrected chi connectivity index (χ4v) is 3.30. The second-order valence-electron chi connectivity index (χ2n) is 5.09. The van der Waals surface area contributed by atoms with Gasteiger partial charge in [0.25, 0.3) is 5.91 Å². The highest BCUT2D eigenvalue weighted by atomic mass is 35.5. The molecule has 0 atom stereocenters. The molecule has 120 valence electrons. The first-order valence-electron chi connectivity index (χ1n) is 7.00. The van der Waals surface area contributed by atoms with E-state index >= 15 is 0 Å². The molecule has 1 amide bonds. The molecule has 4 rings (SSSR count). The highest BCUT2D eigenvalue weighted by Crippen LogP contribution is 2.31. The van der Waals surface area contributed by atoms with E-state index in [1.807, 2.05) is 17.5 Å². The summed E-state index contributed by atoms with van der Waals surface area (Å²) in [5, 5.41) is 13.6. The van der Waals surface area contributed by atoms with E-state index in [4.69, 9.17) is 20.6 Å². The number of furan rings is 1. The van der Waals surface area contributed by atoms with Gasteiger partial charge in [-0.25, -0.2) is 4.63 Å². The lowest BCUT2D eigenvalue weighted by molar-refractivity contribution is 0.0997. The highest BCUT2D eigenvalue weighted by molar-refractivity contribution is 7.13. The average Bonchev–Trinajstić information content (AvgIpc) is 3.28. The van der Waals surface area contributed by atoms with Gasteiger partial charge in [0.1, 0.15) is 5.58 Å². The van der Waals surface area contributed by atoms with E-state index in [9.17, 15) is 4.79 Å². The van der Waals surface area contributed by atoms with Crippen molar-refractivity contribution < 1.29 is 13.8 Å². The Balaban J connectivity index is 1.69. The molecule has 4 aromatic rings. The van der Waals surface area contributed by atoms with Crippen LogP contribution in [0.1, 0.15) is 16.1 Å². The molecule has 1 aromatic carbocycles. The summed E-state index contributed by atoms with van der Waals surface area (Å²) in [7, 11) is 0. The lowest BCUT2D eigenvalue weighted by Crippen LogP contribution is -2.13. The molecule has 6 nitrogen and oxygen atoms in total. The summed E-state index contributed by atoms with van der Waals surface area (Å²) >= 11 is 7.48. The third-order valence-corrected chi connectivity index (χ3v) is 4.69. The number of aromatic nitrogens is 2. The molecular formula is C16H10ClN3O3S. The van der Waals surface area contributed by atoms with Crippen LogP contribution in [0.2, 0.25) is 5.02 Å². The van der Waals surface area contributed by atoms with Gasteiger partial charge in [0.05, 0.1) is 4.88 Å². The number of hydrogen-bond acceptors (Lipinski definition) is 6. The Labute approximate surface area is 145 Å². The minimum absolute atomic E-state index is 0.201. The Hall–Kier alpha value is -2.64. The van der Waals surface area contributed by atoms with Crippen LogP contribution >= 0.6 is 22.9 Å². The smallest absolute Gasteiger partial charge is 0.292 e. The van der Waals surface area contributed by atoms with Crippen LogP contribution in [0.15, 0.2) is 44.8 Å². The van der Waals surface area contributed by atoms with Crippen LogP contribution in [0.3, 0.4) is 0 Å². The fourth-order valence-electron chi connectivity index (χ4n) is 2.42. The molecule has 0 saturated heterocycles. The number of rotatable bonds is 3. The molecule has 0 aliphatic heterocycles. The van der Waals surface area contributed by atoms with Gasteiger partial charge in [-0.15, -0.1) is 11.3 Å². The van der Waals surface area contributed by atoms with Crippen molar-refractivity contribution in [3.63, 3.8) is 0 Å². The van der Waals surface area contributed by atoms with Crippen molar-refractivity contribution >= 4 is 45.6 Å². The summed E-state index contributed by atoms with van der Waals surface area (Å²) < 4.78 is 10.4. The monoisotopic (exact) mass is 359 g/mol. The van der Waals surface area contributed by atoms with E-state index in [1.54, 1.807) is 25.1 Å². The Morgan fingerprint density at radius 3 is 2.96 bits per heavy atom. The summed E-state index contributed by atoms with van der Waals surface area (Å²) in [5.41, 5.74) is 1.79. The molecule has 0 fully saturated rings. The van der Waals surface area contributed by atoms with Gasteiger partial charge in [0.15, 0.2) is 11.5 Å². The number of carbonyl (C=O) groups excluding carboxylic acids is 1. The third kappa shape index (κ3) is 2.47. The standard InChI is InChI=1S/C16H10ClN3O3S/c1-8-10-7-9(17)4-5-11(10)22-14(8)16(21)18-15-13(19-23-20-15)12-3-2-6-24-12/h2-7H,1H3,(H,18,20,21). The van der Waals surface area contributed by atoms with E-state index < -0.39 is 5.91 Å². The zero-order valence-corrected chi connectivity index (χ0v) is 13.9. The molecule has 0 aliphatic carbocycles. The first-order chi connectivity index (χ1) is 11.6. The predicted molar refractivity (Wildman–Crippen MR) is 91.5 cm³/mol. The average molecular weight is 360 g/mol. The summed E-state index contributed by atoms with van der Waals surface area (Å²) in [4.78, 5) is 13.4. The van der Waals surface area contributed by atoms with E-state index in [2.05, 4.69) is 15.6 Å². The van der Waals surface area contributed by atoms with E-state index in [-0.39, 0.29) is 11.6 Å². The topological polar surface area (TPSA) is 81.2 Å². The second-order valence-corrected chi connectivity index (χ2v) is 6.47. The van der Waals surface area contributed by atoms with E-state index in [0.29, 0.717) is 21.9 Å². The zero-order valence-electron chi connectivity index (χ0n) is 12.4. The molecule has 0 radical (unpaired) electrons. The summed E-state index contributed by atoms with van der Waals surface area (Å²) in [6, 6.07) is 8.96. The van der Waals surface area contributed by atoms with Gasteiger partial charge >= 0.3 is 0 Å². The molecule has 0 spiro atoms. The number of hydrogen-bond donors (Lipinski definition) is 1. The lowest BCUT2D eigenvalue weighted by atomic mass is 10.1. The molecule has 8 heteroatoms. The molecule has 24 heavy (non-hydrogen) atoms. The van der Waals surface area contributed by atoms with Crippen LogP contribution in [-0.2, 0) is 0 Å². The molecule has 3 heterocycles. The maximum Gasteiger partial charge on any atom is 0.292 e. The quantitative estimate of drug-likeness (QED) is 0.570. The normalized spacial score (nSPS) is 11.1. The molecule has 0 saturated carbocycles. The minimum Gasteiger partial charge on any atom is -0.451 e. The van der Waals surface area contributed by atoms with Crippen LogP contribution < -0.4 is 5.32 Å². The third-order valence-electron chi connectivity index (χ3n) is 3.58. The maximum atomic E-state index is 12.6. The van der Waals surface area contributed by atoms with Gasteiger partial charge in [-0.1, -0.05) is 17.7 Å². The van der Waals surface area contributed by atoms with Gasteiger partial charge < -0.3 is 4.42 Å². The second kappa shape index (κ2) is 5.77. The van der Waals surface area contributed by atoms with Gasteiger partial charge in [-0.2, -0.15) is 0 Å². The molecule has 0 unspecified atom stereocenters. The van der Waals surface area contributed by atoms with Crippen molar-refractivity contribution in [2.45, 2.75) is 6.92 Å². The number of thiophene rings is 1. The fraction of sp³-hybridized carbons (Fsp3) is 0.0625. The first-order valence-corrected chi connectivity index (χ1v) is 8.25. The predicted octanol–water partition coefficient (Wildman–Crippen LogP) is 4.76. The SMILES string of the molecule is Cc1c(C(=O)Nc2nonc2-c2cccs2)oc2ccc(Cl)cc12. The molecular weight excluding hydrogens is 350 g/mol. The number of aryl methyl sites for hydroxylation is 1. The molecule has 0 bridgehead atoms. The van der Waals surface area contributed by atoms with Crippen molar-refractivity contribution in [1.29, 1.82) is 0 Å². The van der Waals surface area contributed by atoms with Crippen molar-refractivity contribution in [3.05, 3.63) is 52.1 Å². The van der Waals surface area contributed by atoms with Gasteiger partial charge in [0.2, 0.25) is 5.82 Å². The number of benzene rings is 1. The Kier molecular flexibility index (Phi) is 3.59. The number of nitrogens with zero attached hydrogens (tertiary/aromatic N) is 2. The maximum absolute atomic E-state index is 12.6. The number of anilines is 1. The highest BCUT2D eigenvalue weighted by Gasteiger charge is 2.22. The van der Waals surface area contributed by atoms with Crippen LogP contribution in [0, 0.1) is 6.92 Å². The molecule has 1 N–H and O–H groups in total. The van der Waals surface area contributed by atoms with Crippen molar-refractivity contribution in [2.75, 3.05) is 5.32 Å². The Morgan fingerprint density at radius 1 is 1.29 bits per heavy atom. The van der Waals surface area contributed by atoms with Crippen molar-refractivity contribution in [3.8, 4) is 10.6 Å². The number of halogens is 1. The van der Waals surface area contributed by atoms with Gasteiger partial charge in [0, 0.05) is 16.0 Å². The number of amides is 1. The summed E-state index contributed by atoms with van der Waals surface area (Å²) in [6.45, 7) is 1.80. The van der Waals surface area contributed by atoms with E-state index in [0.717, 1.165) is 10.3 Å². The van der Waals surface area contributed by atoms with Crippen LogP contribution in [-0.4, -0.2) is 16.2 Å². The number of carbonyl (C=O) groups is 1. The summed E-state index contributed by atoms with van der Waals surface area (Å²) in [5.74, 6) is 0.0288. The first kappa shape index (κ1) is 14.9. The number of fused-ring (bicyclic) bond motifs is 1. The zero-order chi connectivity index (χ0) is 16.7. The van der Waals surface area contributed by atoms with E-state index in [1.165, 1.54) is 11.3 Å². The molecule has 3 aromatic heterocycles. The van der Waals surface area contributed by atoms with Crippen molar-refractivity contribution in [1.82, 2.24) is 10.3 Å². The van der Waals surface area contributed by atoms with Gasteiger partial charge in [-0.3, -0.25) is 10.1 Å². The number of nitrogens with one attached hydrogen (secondary N) is 1. The summed E-state index contributed by atoms with van der Waals surface area (Å²) in [6.07, 6.45) is 0.